The van der Waals surface area contributed by atoms with E-state index in [2.05, 4.69) is 25.7 Å². The van der Waals surface area contributed by atoms with Crippen molar-refractivity contribution in [1.29, 1.82) is 0 Å². The van der Waals surface area contributed by atoms with Crippen molar-refractivity contribution < 1.29 is 22.8 Å². The van der Waals surface area contributed by atoms with Crippen molar-refractivity contribution in [3.63, 3.8) is 0 Å². The van der Waals surface area contributed by atoms with Crippen molar-refractivity contribution in [3.8, 4) is 5.82 Å². The van der Waals surface area contributed by atoms with Gasteiger partial charge in [0.1, 0.15) is 5.69 Å². The van der Waals surface area contributed by atoms with E-state index in [0.29, 0.717) is 35.5 Å². The molecule has 0 saturated carbocycles. The number of anilines is 1. The Morgan fingerprint density at radius 1 is 1.08 bits per heavy atom. The molecule has 2 amide bonds. The second-order valence-electron chi connectivity index (χ2n) is 7.86. The second kappa shape index (κ2) is 9.94. The van der Waals surface area contributed by atoms with Crippen LogP contribution in [0.4, 0.5) is 18.9 Å². The first-order valence-electron chi connectivity index (χ1n) is 10.9. The third-order valence-electron chi connectivity index (χ3n) is 5.28. The van der Waals surface area contributed by atoms with Crippen LogP contribution in [-0.4, -0.2) is 38.1 Å². The highest BCUT2D eigenvalue weighted by atomic mass is 35.5. The molecule has 0 aliphatic heterocycles. The van der Waals surface area contributed by atoms with Gasteiger partial charge in [-0.25, -0.2) is 9.67 Å². The van der Waals surface area contributed by atoms with E-state index < -0.39 is 29.4 Å². The number of aromatic nitrogens is 4. The number of amides is 2. The van der Waals surface area contributed by atoms with E-state index in [1.807, 2.05) is 6.92 Å². The van der Waals surface area contributed by atoms with Crippen LogP contribution in [-0.2, 0) is 6.18 Å². The maximum atomic E-state index is 13.5. The molecule has 3 heterocycles. The molecule has 12 heteroatoms. The van der Waals surface area contributed by atoms with Gasteiger partial charge in [-0.3, -0.25) is 14.6 Å². The van der Waals surface area contributed by atoms with Crippen LogP contribution in [0, 0.1) is 6.92 Å². The van der Waals surface area contributed by atoms with Gasteiger partial charge in [0.15, 0.2) is 11.5 Å². The topological polar surface area (TPSA) is 102 Å². The lowest BCUT2D eigenvalue weighted by Gasteiger charge is -2.17. The van der Waals surface area contributed by atoms with E-state index in [0.717, 1.165) is 4.68 Å². The molecule has 2 N–H and O–H groups in total. The molecule has 3 aromatic heterocycles. The van der Waals surface area contributed by atoms with Crippen molar-refractivity contribution in [3.05, 3.63) is 76.3 Å². The Labute approximate surface area is 208 Å². The summed E-state index contributed by atoms with van der Waals surface area (Å²) >= 11 is 6.13. The lowest BCUT2D eigenvalue weighted by molar-refractivity contribution is -0.141. The summed E-state index contributed by atoms with van der Waals surface area (Å²) in [6.45, 7) is 3.94. The van der Waals surface area contributed by atoms with Gasteiger partial charge >= 0.3 is 6.18 Å². The molecule has 8 nitrogen and oxygen atoms in total. The summed E-state index contributed by atoms with van der Waals surface area (Å²) in [6.07, 6.45) is -1.26. The Morgan fingerprint density at radius 3 is 2.50 bits per heavy atom. The molecule has 0 aliphatic carbocycles. The number of benzene rings is 1. The first kappa shape index (κ1) is 25.1. The molecule has 0 fully saturated rings. The first-order valence-corrected chi connectivity index (χ1v) is 11.3. The Bertz CT molecular complexity index is 1470. The van der Waals surface area contributed by atoms with Gasteiger partial charge < -0.3 is 10.6 Å². The predicted octanol–water partition coefficient (Wildman–Crippen LogP) is 5.19. The maximum Gasteiger partial charge on any atom is 0.435 e. The van der Waals surface area contributed by atoms with E-state index in [1.54, 1.807) is 31.3 Å². The fraction of sp³-hybridized carbons (Fsp3) is 0.208. The lowest BCUT2D eigenvalue weighted by Crippen LogP contribution is -2.27. The highest BCUT2D eigenvalue weighted by Crippen LogP contribution is 2.32. The Kier molecular flexibility index (Phi) is 6.93. The molecule has 4 aromatic rings. The number of carbonyl (C=O) groups excluding carboxylic acids is 2. The summed E-state index contributed by atoms with van der Waals surface area (Å²) in [6, 6.07) is 8.51. The largest absolute Gasteiger partial charge is 0.435 e. The Hall–Kier alpha value is -3.99. The van der Waals surface area contributed by atoms with Crippen LogP contribution in [0.3, 0.4) is 0 Å². The van der Waals surface area contributed by atoms with Crippen molar-refractivity contribution >= 4 is 40.0 Å². The molecule has 0 atom stereocenters. The van der Waals surface area contributed by atoms with Crippen molar-refractivity contribution in [2.24, 2.45) is 0 Å². The number of rotatable bonds is 6. The minimum Gasteiger partial charge on any atom is -0.352 e. The number of nitrogens with one attached hydrogen (secondary N) is 2. The van der Waals surface area contributed by atoms with Gasteiger partial charge in [-0.2, -0.15) is 18.3 Å². The van der Waals surface area contributed by atoms with Gasteiger partial charge in [-0.15, -0.1) is 0 Å². The van der Waals surface area contributed by atoms with Gasteiger partial charge in [0, 0.05) is 30.4 Å². The fourth-order valence-corrected chi connectivity index (χ4v) is 3.83. The number of aryl methyl sites for hydroxylation is 1. The number of alkyl halides is 3. The van der Waals surface area contributed by atoms with Crippen LogP contribution in [0.15, 0.2) is 48.8 Å². The minimum atomic E-state index is -4.82. The molecular formula is C24H20ClF3N6O2. The molecular weight excluding hydrogens is 497 g/mol. The van der Waals surface area contributed by atoms with Crippen LogP contribution in [0.1, 0.15) is 45.4 Å². The SMILES string of the molecule is CCCNC(=O)c1c(NC(=O)c2cc(C(F)(F)F)nn2-c2ncccc2Cl)c(C)cc2ncccc12. The Morgan fingerprint density at radius 2 is 1.81 bits per heavy atom. The summed E-state index contributed by atoms with van der Waals surface area (Å²) in [4.78, 5) is 34.7. The molecule has 186 valence electrons. The van der Waals surface area contributed by atoms with Crippen LogP contribution in [0.5, 0.6) is 0 Å². The van der Waals surface area contributed by atoms with Gasteiger partial charge in [0.2, 0.25) is 0 Å². The molecule has 0 spiro atoms. The summed E-state index contributed by atoms with van der Waals surface area (Å²) in [5, 5.41) is 9.40. The summed E-state index contributed by atoms with van der Waals surface area (Å²) < 4.78 is 41.2. The standard InChI is InChI=1S/C24H20ClF3N6O2/c1-3-8-31-23(36)19-14-6-4-9-29-16(14)11-13(2)20(19)32-22(35)17-12-18(24(26,27)28)33-34(17)21-15(25)7-5-10-30-21/h4-7,9-12H,3,8H2,1-2H3,(H,31,36)(H,32,35). The van der Waals surface area contributed by atoms with E-state index in [9.17, 15) is 22.8 Å². The minimum absolute atomic E-state index is 0.00373. The van der Waals surface area contributed by atoms with Crippen molar-refractivity contribution in [1.82, 2.24) is 25.1 Å². The van der Waals surface area contributed by atoms with Crippen molar-refractivity contribution in [2.45, 2.75) is 26.4 Å². The van der Waals surface area contributed by atoms with Crippen LogP contribution in [0.25, 0.3) is 16.7 Å². The molecule has 0 radical (unpaired) electrons. The van der Waals surface area contributed by atoms with E-state index in [4.69, 9.17) is 11.6 Å². The number of hydrogen-bond acceptors (Lipinski definition) is 5. The fourth-order valence-electron chi connectivity index (χ4n) is 3.63. The average molecular weight is 517 g/mol. The second-order valence-corrected chi connectivity index (χ2v) is 8.26. The number of hydrogen-bond donors (Lipinski definition) is 2. The van der Waals surface area contributed by atoms with Gasteiger partial charge in [0.05, 0.1) is 21.8 Å². The lowest BCUT2D eigenvalue weighted by atomic mass is 10.0. The molecule has 4 rings (SSSR count). The van der Waals surface area contributed by atoms with E-state index in [1.165, 1.54) is 18.3 Å². The number of pyridine rings is 2. The third kappa shape index (κ3) is 4.87. The number of fused-ring (bicyclic) bond motifs is 1. The zero-order valence-corrected chi connectivity index (χ0v) is 19.9. The highest BCUT2D eigenvalue weighted by Gasteiger charge is 2.37. The molecule has 0 bridgehead atoms. The monoisotopic (exact) mass is 516 g/mol. The highest BCUT2D eigenvalue weighted by molar-refractivity contribution is 6.32. The molecule has 1 aromatic carbocycles. The predicted molar refractivity (Wildman–Crippen MR) is 128 cm³/mol. The van der Waals surface area contributed by atoms with E-state index >= 15 is 0 Å². The maximum absolute atomic E-state index is 13.5. The third-order valence-corrected chi connectivity index (χ3v) is 5.57. The average Bonchev–Trinajstić information content (AvgIpc) is 3.29. The van der Waals surface area contributed by atoms with Gasteiger partial charge in [-0.05, 0) is 43.2 Å². The molecule has 36 heavy (non-hydrogen) atoms. The first-order chi connectivity index (χ1) is 17.1. The van der Waals surface area contributed by atoms with Gasteiger partial charge in [0.25, 0.3) is 11.8 Å². The quantitative estimate of drug-likeness (QED) is 0.367. The van der Waals surface area contributed by atoms with Gasteiger partial charge in [-0.1, -0.05) is 24.6 Å². The zero-order chi connectivity index (χ0) is 26.0. The summed E-state index contributed by atoms with van der Waals surface area (Å²) in [7, 11) is 0. The number of halogens is 4. The molecule has 0 aliphatic rings. The normalized spacial score (nSPS) is 11.5. The molecule has 0 saturated heterocycles. The number of nitrogens with zero attached hydrogens (tertiary/aromatic N) is 4. The smallest absolute Gasteiger partial charge is 0.352 e. The summed E-state index contributed by atoms with van der Waals surface area (Å²) in [5.41, 5.74) is -0.447. The van der Waals surface area contributed by atoms with Crippen LogP contribution < -0.4 is 10.6 Å². The summed E-state index contributed by atoms with van der Waals surface area (Å²) in [5.74, 6) is -1.54. The van der Waals surface area contributed by atoms with Crippen LogP contribution >= 0.6 is 11.6 Å². The van der Waals surface area contributed by atoms with E-state index in [-0.39, 0.29) is 22.1 Å². The molecule has 0 unspecified atom stereocenters. The number of carbonyl (C=O) groups is 2. The Balaban J connectivity index is 1.85. The van der Waals surface area contributed by atoms with Crippen molar-refractivity contribution in [2.75, 3.05) is 11.9 Å². The zero-order valence-electron chi connectivity index (χ0n) is 19.2. The van der Waals surface area contributed by atoms with Crippen LogP contribution in [0.2, 0.25) is 5.02 Å².